The van der Waals surface area contributed by atoms with E-state index < -0.39 is 97.5 Å². The first kappa shape index (κ1) is 80.1. The molecular weight excluding hydrogens is 1090 g/mol. The number of phosphoric ester groups is 2. The minimum atomic E-state index is -4.94. The first-order chi connectivity index (χ1) is 39.7. The van der Waals surface area contributed by atoms with Crippen LogP contribution in [-0.2, 0) is 65.4 Å². The highest BCUT2D eigenvalue weighted by Gasteiger charge is 2.30. The molecule has 19 heteroatoms. The molecule has 486 valence electrons. The molecule has 0 aliphatic heterocycles. The molecule has 0 saturated heterocycles. The first-order valence-corrected chi connectivity index (χ1v) is 36.3. The molecule has 0 fully saturated rings. The molecule has 0 heterocycles. The Kier molecular flexibility index (Phi) is 56.7. The third-order valence-electron chi connectivity index (χ3n) is 14.6. The van der Waals surface area contributed by atoms with Crippen LogP contribution in [0, 0.1) is 0 Å². The first-order valence-electron chi connectivity index (χ1n) is 33.3. The number of carbonyl (C=O) groups is 4. The third kappa shape index (κ3) is 57.2. The lowest BCUT2D eigenvalue weighted by molar-refractivity contribution is -0.161. The Morgan fingerprint density at radius 3 is 0.720 bits per heavy atom. The van der Waals surface area contributed by atoms with Crippen molar-refractivity contribution in [2.45, 2.75) is 341 Å². The monoisotopic (exact) mass is 1210 g/mol. The van der Waals surface area contributed by atoms with Crippen LogP contribution >= 0.6 is 15.6 Å². The number of aliphatic hydroxyl groups is 1. The van der Waals surface area contributed by atoms with Crippen molar-refractivity contribution in [3.63, 3.8) is 0 Å². The van der Waals surface area contributed by atoms with E-state index in [4.69, 9.17) is 37.0 Å². The van der Waals surface area contributed by atoms with Gasteiger partial charge in [0.25, 0.3) is 0 Å². The molecule has 0 aliphatic rings. The number of phosphoric acid groups is 2. The van der Waals surface area contributed by atoms with Crippen molar-refractivity contribution in [3.05, 3.63) is 0 Å². The van der Waals surface area contributed by atoms with Crippen molar-refractivity contribution in [1.29, 1.82) is 0 Å². The van der Waals surface area contributed by atoms with E-state index in [0.717, 1.165) is 103 Å². The average Bonchev–Trinajstić information content (AvgIpc) is 3.47. The zero-order valence-electron chi connectivity index (χ0n) is 52.5. The van der Waals surface area contributed by atoms with Crippen molar-refractivity contribution in [2.75, 3.05) is 39.6 Å². The van der Waals surface area contributed by atoms with Gasteiger partial charge >= 0.3 is 39.5 Å². The van der Waals surface area contributed by atoms with Gasteiger partial charge in [0.05, 0.1) is 26.4 Å². The highest BCUT2D eigenvalue weighted by Crippen LogP contribution is 2.45. The second kappa shape index (κ2) is 58.1. The second-order valence-corrected chi connectivity index (χ2v) is 25.7. The van der Waals surface area contributed by atoms with Gasteiger partial charge in [0.15, 0.2) is 12.2 Å². The van der Waals surface area contributed by atoms with Gasteiger partial charge in [0.1, 0.15) is 19.3 Å². The maximum atomic E-state index is 13.0. The molecular formula is C63H122O17P2. The molecule has 2 unspecified atom stereocenters. The molecule has 5 atom stereocenters. The summed E-state index contributed by atoms with van der Waals surface area (Å²) in [7, 11) is -9.87. The van der Waals surface area contributed by atoms with Crippen LogP contribution in [0.1, 0.15) is 323 Å². The van der Waals surface area contributed by atoms with Crippen LogP contribution < -0.4 is 0 Å². The predicted molar refractivity (Wildman–Crippen MR) is 326 cm³/mol. The SMILES string of the molecule is CCCCCCCCCCCCCCCCCCCC(=O)O[C@H](COC(=O)CCCCCCCCCCC)COP(=O)(O)OC[C@@H](O)COP(=O)(O)OC[C@@H](COC(=O)CCCCCCCCC)OC(=O)CCCCCCCCCCC. The number of unbranched alkanes of at least 4 members (excludes halogenated alkanes) is 38. The number of aliphatic hydroxyl groups excluding tert-OH is 1. The molecule has 0 radical (unpaired) electrons. The maximum absolute atomic E-state index is 13.0. The van der Waals surface area contributed by atoms with Crippen LogP contribution in [-0.4, -0.2) is 96.7 Å². The lowest BCUT2D eigenvalue weighted by atomic mass is 10.0. The molecule has 0 amide bonds. The summed E-state index contributed by atoms with van der Waals surface area (Å²) in [6, 6.07) is 0. The van der Waals surface area contributed by atoms with Gasteiger partial charge in [-0.1, -0.05) is 272 Å². The van der Waals surface area contributed by atoms with E-state index in [-0.39, 0.29) is 25.7 Å². The number of rotatable bonds is 64. The van der Waals surface area contributed by atoms with Gasteiger partial charge in [-0.05, 0) is 25.7 Å². The molecule has 0 bridgehead atoms. The van der Waals surface area contributed by atoms with E-state index in [0.29, 0.717) is 25.7 Å². The Morgan fingerprint density at radius 1 is 0.293 bits per heavy atom. The van der Waals surface area contributed by atoms with Crippen molar-refractivity contribution < 1.29 is 80.2 Å². The summed E-state index contributed by atoms with van der Waals surface area (Å²) in [6.45, 7) is 4.82. The van der Waals surface area contributed by atoms with Crippen LogP contribution in [0.5, 0.6) is 0 Å². The van der Waals surface area contributed by atoms with Gasteiger partial charge in [0, 0.05) is 25.7 Å². The molecule has 0 aromatic carbocycles. The lowest BCUT2D eigenvalue weighted by Gasteiger charge is -2.21. The van der Waals surface area contributed by atoms with Crippen LogP contribution in [0.4, 0.5) is 0 Å². The summed E-state index contributed by atoms with van der Waals surface area (Å²) in [4.78, 5) is 72.0. The number of esters is 4. The largest absolute Gasteiger partial charge is 0.472 e. The highest BCUT2D eigenvalue weighted by molar-refractivity contribution is 7.47. The molecule has 3 N–H and O–H groups in total. The molecule has 0 aromatic heterocycles. The molecule has 0 aromatic rings. The third-order valence-corrected chi connectivity index (χ3v) is 16.5. The zero-order chi connectivity index (χ0) is 60.5. The molecule has 0 aliphatic carbocycles. The fourth-order valence-electron chi connectivity index (χ4n) is 9.46. The number of hydrogen-bond donors (Lipinski definition) is 3. The second-order valence-electron chi connectivity index (χ2n) is 22.8. The molecule has 0 saturated carbocycles. The molecule has 0 rings (SSSR count). The minimum absolute atomic E-state index is 0.106. The summed E-state index contributed by atoms with van der Waals surface area (Å²) in [5, 5.41) is 10.5. The zero-order valence-corrected chi connectivity index (χ0v) is 54.2. The van der Waals surface area contributed by atoms with Crippen LogP contribution in [0.15, 0.2) is 0 Å². The van der Waals surface area contributed by atoms with E-state index in [9.17, 15) is 43.2 Å². The Labute approximate surface area is 498 Å². The Bertz CT molecular complexity index is 1590. The number of hydrogen-bond acceptors (Lipinski definition) is 15. The molecule has 17 nitrogen and oxygen atoms in total. The maximum Gasteiger partial charge on any atom is 0.472 e. The summed E-state index contributed by atoms with van der Waals surface area (Å²) in [5.74, 6) is -2.14. The van der Waals surface area contributed by atoms with E-state index in [1.54, 1.807) is 0 Å². The van der Waals surface area contributed by atoms with Gasteiger partial charge < -0.3 is 33.8 Å². The summed E-state index contributed by atoms with van der Waals surface area (Å²) in [6.07, 6.45) is 43.2. The van der Waals surface area contributed by atoms with Crippen LogP contribution in [0.25, 0.3) is 0 Å². The van der Waals surface area contributed by atoms with Crippen LogP contribution in [0.3, 0.4) is 0 Å². The average molecular weight is 1210 g/mol. The van der Waals surface area contributed by atoms with Gasteiger partial charge in [-0.25, -0.2) is 9.13 Å². The molecule has 82 heavy (non-hydrogen) atoms. The van der Waals surface area contributed by atoms with E-state index in [1.807, 2.05) is 0 Å². The van der Waals surface area contributed by atoms with Gasteiger partial charge in [0.2, 0.25) is 0 Å². The normalized spacial score (nSPS) is 14.2. The Morgan fingerprint density at radius 2 is 0.488 bits per heavy atom. The Balaban J connectivity index is 5.15. The van der Waals surface area contributed by atoms with Crippen LogP contribution in [0.2, 0.25) is 0 Å². The quantitative estimate of drug-likeness (QED) is 0.0222. The smallest absolute Gasteiger partial charge is 0.462 e. The van der Waals surface area contributed by atoms with Gasteiger partial charge in [-0.15, -0.1) is 0 Å². The number of ether oxygens (including phenoxy) is 4. The highest BCUT2D eigenvalue weighted by atomic mass is 31.2. The van der Waals surface area contributed by atoms with Crippen molar-refractivity contribution in [1.82, 2.24) is 0 Å². The predicted octanol–water partition coefficient (Wildman–Crippen LogP) is 17.5. The standard InChI is InChI=1S/C63H122O17P2/c1-5-9-13-17-21-24-25-26-27-28-29-30-31-34-38-42-46-50-63(68)80-59(54-74-61(66)48-44-40-36-32-22-18-14-10-6-2)56-78-82(71,72)76-52-57(64)51-75-81(69,70)77-55-58(53-73-60(65)47-43-39-35-20-16-12-8-4)79-62(67)49-45-41-37-33-23-19-15-11-7-3/h57-59,64H,5-56H2,1-4H3,(H,69,70)(H,71,72)/t57-,58+,59+/m0/s1. The van der Waals surface area contributed by atoms with Crippen molar-refractivity contribution >= 4 is 39.5 Å². The minimum Gasteiger partial charge on any atom is -0.462 e. The van der Waals surface area contributed by atoms with E-state index >= 15 is 0 Å². The van der Waals surface area contributed by atoms with E-state index in [1.165, 1.54) is 141 Å². The van der Waals surface area contributed by atoms with Crippen molar-refractivity contribution in [2.24, 2.45) is 0 Å². The van der Waals surface area contributed by atoms with Crippen molar-refractivity contribution in [3.8, 4) is 0 Å². The Hall–Kier alpha value is -1.94. The molecule has 0 spiro atoms. The summed E-state index contributed by atoms with van der Waals surface area (Å²) in [5.41, 5.74) is 0. The van der Waals surface area contributed by atoms with E-state index in [2.05, 4.69) is 27.7 Å². The lowest BCUT2D eigenvalue weighted by Crippen LogP contribution is -2.30. The van der Waals surface area contributed by atoms with Gasteiger partial charge in [-0.2, -0.15) is 0 Å². The summed E-state index contributed by atoms with van der Waals surface area (Å²) < 4.78 is 67.8. The topological polar surface area (TPSA) is 237 Å². The number of carbonyl (C=O) groups excluding carboxylic acids is 4. The fraction of sp³-hybridized carbons (Fsp3) is 0.937. The summed E-state index contributed by atoms with van der Waals surface area (Å²) >= 11 is 0. The van der Waals surface area contributed by atoms with Gasteiger partial charge in [-0.3, -0.25) is 37.3 Å². The fourth-order valence-corrected chi connectivity index (χ4v) is 11.0.